The molecule has 0 bridgehead atoms. The molecule has 0 aliphatic rings. The Morgan fingerprint density at radius 2 is 1.63 bits per heavy atom. The highest BCUT2D eigenvalue weighted by Crippen LogP contribution is 2.18. The molecule has 0 unspecified atom stereocenters. The number of carbonyl (C=O) groups is 2. The second kappa shape index (κ2) is 13.4. The molecule has 2 amide bonds. The number of carbonyl (C=O) groups excluding carboxylic acids is 2. The lowest BCUT2D eigenvalue weighted by molar-refractivity contribution is -0.141. The quantitative estimate of drug-likeness (QED) is 0.450. The van der Waals surface area contributed by atoms with E-state index in [2.05, 4.69) is 5.32 Å². The van der Waals surface area contributed by atoms with Crippen molar-refractivity contribution in [1.29, 1.82) is 0 Å². The second-order valence-electron chi connectivity index (χ2n) is 9.25. The lowest BCUT2D eigenvalue weighted by Crippen LogP contribution is -2.49. The maximum absolute atomic E-state index is 13.4. The second-order valence-corrected chi connectivity index (χ2v) is 11.3. The highest BCUT2D eigenvalue weighted by molar-refractivity contribution is 7.89. The average molecular weight is 502 g/mol. The zero-order valence-corrected chi connectivity index (χ0v) is 22.3. The van der Waals surface area contributed by atoms with Gasteiger partial charge in [0.2, 0.25) is 21.8 Å². The summed E-state index contributed by atoms with van der Waals surface area (Å²) >= 11 is 0. The van der Waals surface area contributed by atoms with Crippen LogP contribution in [0.15, 0.2) is 59.5 Å². The number of amides is 2. The zero-order chi connectivity index (χ0) is 26.0. The van der Waals surface area contributed by atoms with Gasteiger partial charge in [-0.3, -0.25) is 9.59 Å². The Labute approximate surface area is 210 Å². The Bertz CT molecular complexity index is 1070. The third-order valence-corrected chi connectivity index (χ3v) is 7.86. The molecule has 1 N–H and O–H groups in total. The molecule has 0 radical (unpaired) electrons. The van der Waals surface area contributed by atoms with Crippen molar-refractivity contribution in [2.24, 2.45) is 5.92 Å². The number of rotatable bonds is 13. The van der Waals surface area contributed by atoms with Crippen LogP contribution in [0.1, 0.15) is 51.2 Å². The summed E-state index contributed by atoms with van der Waals surface area (Å²) in [4.78, 5) is 28.2. The first-order chi connectivity index (χ1) is 16.6. The van der Waals surface area contributed by atoms with Gasteiger partial charge in [-0.1, -0.05) is 63.2 Å². The number of nitrogens with zero attached hydrogens (tertiary/aromatic N) is 2. The van der Waals surface area contributed by atoms with E-state index < -0.39 is 16.1 Å². The summed E-state index contributed by atoms with van der Waals surface area (Å²) in [5, 5.41) is 2.96. The van der Waals surface area contributed by atoms with E-state index >= 15 is 0 Å². The van der Waals surface area contributed by atoms with Gasteiger partial charge < -0.3 is 10.2 Å². The van der Waals surface area contributed by atoms with Crippen LogP contribution < -0.4 is 5.32 Å². The molecule has 0 aliphatic carbocycles. The van der Waals surface area contributed by atoms with Crippen molar-refractivity contribution in [3.05, 3.63) is 65.7 Å². The molecule has 0 fully saturated rings. The van der Waals surface area contributed by atoms with E-state index in [9.17, 15) is 18.0 Å². The van der Waals surface area contributed by atoms with E-state index in [-0.39, 0.29) is 29.7 Å². The van der Waals surface area contributed by atoms with Crippen LogP contribution in [0.5, 0.6) is 0 Å². The van der Waals surface area contributed by atoms with Crippen LogP contribution in [-0.4, -0.2) is 55.6 Å². The molecule has 7 nitrogen and oxygen atoms in total. The van der Waals surface area contributed by atoms with Gasteiger partial charge in [-0.25, -0.2) is 12.7 Å². The highest BCUT2D eigenvalue weighted by atomic mass is 32.2. The summed E-state index contributed by atoms with van der Waals surface area (Å²) in [6, 6.07) is 15.5. The minimum absolute atomic E-state index is 0.147. The summed E-state index contributed by atoms with van der Waals surface area (Å²) in [5.74, 6) is -0.0173. The van der Waals surface area contributed by atoms with E-state index in [1.165, 1.54) is 11.4 Å². The maximum atomic E-state index is 13.4. The normalized spacial score (nSPS) is 12.5. The van der Waals surface area contributed by atoms with Crippen molar-refractivity contribution in [2.45, 2.75) is 64.4 Å². The van der Waals surface area contributed by atoms with Crippen molar-refractivity contribution < 1.29 is 18.0 Å². The minimum atomic E-state index is -3.62. The highest BCUT2D eigenvalue weighted by Gasteiger charge is 2.29. The molecular formula is C27H39N3O4S. The van der Waals surface area contributed by atoms with Gasteiger partial charge in [0.25, 0.3) is 0 Å². The molecule has 0 aliphatic heterocycles. The fraction of sp³-hybridized carbons (Fsp3) is 0.481. The smallest absolute Gasteiger partial charge is 0.242 e. The largest absolute Gasteiger partial charge is 0.354 e. The minimum Gasteiger partial charge on any atom is -0.354 e. The fourth-order valence-corrected chi connectivity index (χ4v) is 5.03. The summed E-state index contributed by atoms with van der Waals surface area (Å²) in [6.45, 7) is 9.02. The topological polar surface area (TPSA) is 86.8 Å². The van der Waals surface area contributed by atoms with Crippen molar-refractivity contribution in [3.8, 4) is 0 Å². The summed E-state index contributed by atoms with van der Waals surface area (Å²) in [5.41, 5.74) is 2.04. The molecule has 2 rings (SSSR count). The molecule has 8 heteroatoms. The van der Waals surface area contributed by atoms with Crippen molar-refractivity contribution in [3.63, 3.8) is 0 Å². The number of hydrogen-bond acceptors (Lipinski definition) is 4. The molecule has 0 saturated heterocycles. The van der Waals surface area contributed by atoms with E-state index in [1.807, 2.05) is 52.0 Å². The van der Waals surface area contributed by atoms with Crippen LogP contribution in [0, 0.1) is 12.8 Å². The van der Waals surface area contributed by atoms with Crippen molar-refractivity contribution >= 4 is 21.8 Å². The van der Waals surface area contributed by atoms with Crippen molar-refractivity contribution in [2.75, 3.05) is 20.1 Å². The number of hydrogen-bond donors (Lipinski definition) is 1. The Morgan fingerprint density at radius 1 is 1.00 bits per heavy atom. The Hall–Kier alpha value is -2.71. The molecule has 0 heterocycles. The standard InChI is InChI=1S/C27H39N3O4S/c1-6-25(27(32)28-19-21(2)3)30(20-23-14-11-10-13-22(23)4)26(31)17-12-18-29(5)35(33,34)24-15-8-7-9-16-24/h7-11,13-16,21,25H,6,12,17-20H2,1-5H3,(H,28,32)/t25-/m0/s1. The van der Waals surface area contributed by atoms with E-state index in [1.54, 1.807) is 35.2 Å². The lowest BCUT2D eigenvalue weighted by Gasteiger charge is -2.31. The molecule has 35 heavy (non-hydrogen) atoms. The van der Waals surface area contributed by atoms with Gasteiger partial charge in [-0.2, -0.15) is 0 Å². The number of sulfonamides is 1. The summed E-state index contributed by atoms with van der Waals surface area (Å²) in [6.07, 6.45) is 0.994. The molecule has 0 saturated carbocycles. The lowest BCUT2D eigenvalue weighted by atomic mass is 10.0. The van der Waals surface area contributed by atoms with Gasteiger partial charge in [-0.15, -0.1) is 0 Å². The zero-order valence-electron chi connectivity index (χ0n) is 21.5. The third kappa shape index (κ3) is 8.18. The fourth-order valence-electron chi connectivity index (χ4n) is 3.80. The van der Waals surface area contributed by atoms with Crippen LogP contribution in [0.4, 0.5) is 0 Å². The van der Waals surface area contributed by atoms with Crippen LogP contribution in [0.25, 0.3) is 0 Å². The van der Waals surface area contributed by atoms with Crippen LogP contribution in [0.3, 0.4) is 0 Å². The van der Waals surface area contributed by atoms with Crippen molar-refractivity contribution in [1.82, 2.24) is 14.5 Å². The monoisotopic (exact) mass is 501 g/mol. The SMILES string of the molecule is CC[C@@H](C(=O)NCC(C)C)N(Cc1ccccc1C)C(=O)CCCN(C)S(=O)(=O)c1ccccc1. The number of nitrogens with one attached hydrogen (secondary N) is 1. The summed E-state index contributed by atoms with van der Waals surface area (Å²) in [7, 11) is -2.10. The number of benzene rings is 2. The molecular weight excluding hydrogens is 462 g/mol. The molecule has 2 aromatic carbocycles. The Morgan fingerprint density at radius 3 is 2.23 bits per heavy atom. The predicted octanol–water partition coefficient (Wildman–Crippen LogP) is 3.98. The van der Waals surface area contributed by atoms with E-state index in [4.69, 9.17) is 0 Å². The van der Waals surface area contributed by atoms with Crippen LogP contribution in [-0.2, 0) is 26.2 Å². The maximum Gasteiger partial charge on any atom is 0.242 e. The molecule has 2 aromatic rings. The van der Waals surface area contributed by atoms with Gasteiger partial charge in [-0.05, 0) is 48.9 Å². The van der Waals surface area contributed by atoms with Crippen LogP contribution in [0.2, 0.25) is 0 Å². The molecule has 0 aromatic heterocycles. The van der Waals surface area contributed by atoms with Gasteiger partial charge in [0, 0.05) is 33.1 Å². The van der Waals surface area contributed by atoms with E-state index in [0.717, 1.165) is 11.1 Å². The summed E-state index contributed by atoms with van der Waals surface area (Å²) < 4.78 is 26.8. The van der Waals surface area contributed by atoms with Crippen LogP contribution >= 0.6 is 0 Å². The van der Waals surface area contributed by atoms with Gasteiger partial charge in [0.05, 0.1) is 4.90 Å². The predicted molar refractivity (Wildman–Crippen MR) is 139 cm³/mol. The van der Waals surface area contributed by atoms with Gasteiger partial charge in [0.15, 0.2) is 0 Å². The first-order valence-electron chi connectivity index (χ1n) is 12.2. The third-order valence-electron chi connectivity index (χ3n) is 5.99. The first-order valence-corrected chi connectivity index (χ1v) is 13.6. The number of aryl methyl sites for hydroxylation is 1. The molecule has 0 spiro atoms. The molecule has 1 atom stereocenters. The average Bonchev–Trinajstić information content (AvgIpc) is 2.84. The molecule has 192 valence electrons. The van der Waals surface area contributed by atoms with Gasteiger partial charge >= 0.3 is 0 Å². The van der Waals surface area contributed by atoms with Gasteiger partial charge in [0.1, 0.15) is 6.04 Å². The Balaban J connectivity index is 2.13. The first kappa shape index (κ1) is 28.5. The Kier molecular flexibility index (Phi) is 10.9. The van der Waals surface area contributed by atoms with E-state index in [0.29, 0.717) is 31.8 Å².